The number of methoxy groups -OCH3 is 4. The molecular weight excluding hydrogens is 1200 g/mol. The molecule has 0 saturated carbocycles. The van der Waals surface area contributed by atoms with Gasteiger partial charge >= 0.3 is 18.5 Å². The lowest BCUT2D eigenvalue weighted by atomic mass is 9.85. The third-order valence-electron chi connectivity index (χ3n) is 16.6. The molecule has 21 heteroatoms. The Balaban J connectivity index is 0.000000282. The minimum Gasteiger partial charge on any atom is -0.507 e. The molecule has 21 nitrogen and oxygen atoms in total. The molecule has 0 aliphatic carbocycles. The van der Waals surface area contributed by atoms with Gasteiger partial charge in [0.25, 0.3) is 0 Å². The Morgan fingerprint density at radius 1 is 0.468 bits per heavy atom. The van der Waals surface area contributed by atoms with E-state index in [1.165, 1.54) is 13.5 Å². The topological polar surface area (TPSA) is 273 Å². The summed E-state index contributed by atoms with van der Waals surface area (Å²) in [7, 11) is 8.38. The Hall–Kier alpha value is -9.61. The molecule has 8 atom stereocenters. The highest BCUT2D eigenvalue weighted by molar-refractivity contribution is 5.80. The lowest BCUT2D eigenvalue weighted by Gasteiger charge is -2.38. The maximum absolute atomic E-state index is 13.2. The number of carbonyl (C=O) groups is 3. The Labute approximate surface area is 551 Å². The van der Waals surface area contributed by atoms with Crippen LogP contribution in [0.4, 0.5) is 0 Å². The van der Waals surface area contributed by atoms with Crippen LogP contribution < -0.4 is 18.9 Å². The van der Waals surface area contributed by atoms with Crippen molar-refractivity contribution < 1.29 is 82.2 Å². The van der Waals surface area contributed by atoms with Crippen LogP contribution in [0, 0.1) is 25.7 Å². The molecule has 0 radical (unpaired) electrons. The van der Waals surface area contributed by atoms with Crippen LogP contribution in [0.2, 0.25) is 0 Å². The van der Waals surface area contributed by atoms with E-state index in [-0.39, 0.29) is 89.8 Å². The molecule has 0 aromatic heterocycles. The fraction of sp³-hybridized carbons (Fsp3) is 0.425. The van der Waals surface area contributed by atoms with Crippen molar-refractivity contribution in [1.82, 2.24) is 19.6 Å². The average molecular weight is 1300 g/mol. The number of carbonyl (C=O) groups excluding carboxylic acids is 9. The molecule has 6 aromatic carbocycles. The van der Waals surface area contributed by atoms with Crippen molar-refractivity contribution in [2.45, 2.75) is 110 Å². The van der Waals surface area contributed by atoms with Gasteiger partial charge in [0.1, 0.15) is 40.2 Å². The van der Waals surface area contributed by atoms with Crippen molar-refractivity contribution in [2.24, 2.45) is 11.8 Å². The van der Waals surface area contributed by atoms with E-state index in [4.69, 9.17) is 52.5 Å². The van der Waals surface area contributed by atoms with Crippen molar-refractivity contribution in [3.05, 3.63) is 172 Å². The van der Waals surface area contributed by atoms with Crippen molar-refractivity contribution in [3.8, 4) is 40.2 Å². The van der Waals surface area contributed by atoms with Gasteiger partial charge in [-0.2, -0.15) is 28.8 Å². The van der Waals surface area contributed by atoms with Crippen molar-refractivity contribution in [2.75, 3.05) is 81.3 Å². The Morgan fingerprint density at radius 3 is 1.14 bits per heavy atom. The van der Waals surface area contributed by atoms with Crippen molar-refractivity contribution >= 4 is 36.2 Å². The molecule has 504 valence electrons. The first-order chi connectivity index (χ1) is 45.0. The maximum Gasteiger partial charge on any atom is 0.373 e. The van der Waals surface area contributed by atoms with Crippen LogP contribution in [0.3, 0.4) is 0 Å². The second-order valence-electron chi connectivity index (χ2n) is 23.8. The first kappa shape index (κ1) is 76.8. The zero-order valence-electron chi connectivity index (χ0n) is 55.9. The minimum atomic E-state index is -0.349. The number of ether oxygens (including phenoxy) is 5. The predicted molar refractivity (Wildman–Crippen MR) is 349 cm³/mol. The summed E-state index contributed by atoms with van der Waals surface area (Å²) in [6.07, 6.45) is 2.76. The highest BCUT2D eigenvalue weighted by Crippen LogP contribution is 2.45. The van der Waals surface area contributed by atoms with Gasteiger partial charge in [0, 0.05) is 118 Å². The van der Waals surface area contributed by atoms with Gasteiger partial charge in [-0.05, 0) is 112 Å². The van der Waals surface area contributed by atoms with Crippen LogP contribution in [0.5, 0.6) is 40.2 Å². The fourth-order valence-electron chi connectivity index (χ4n) is 12.4. The largest absolute Gasteiger partial charge is 0.507 e. The van der Waals surface area contributed by atoms with Gasteiger partial charge in [-0.1, -0.05) is 105 Å². The molecule has 3 N–H and O–H groups in total. The number of phenolic OH excluding ortho intramolecular Hbond substituents is 3. The highest BCUT2D eigenvalue weighted by Gasteiger charge is 2.34. The van der Waals surface area contributed by atoms with Gasteiger partial charge in [-0.25, -0.2) is 0 Å². The standard InChI is InChI=1S/C24H31NO3.C23H30N2O3.C23H29NO5.3CO2/c1-16-11-21(26)24(22(12-16)28-4)20(19-8-6-5-7-9-19)13-23(27)25-14-17(2)10-18(3)15-25;1-16-12-20(26)23(21(13-16)28-4)19(18-8-6-5-7-9-18)14-22(27)25-11-10-24(3)17(2)15-25;1-15-13-24(14-16(2)29-15)22(26)12-19(17-8-6-5-7-9-17)23-20(25)10-18(27-3)11-21(23)28-4;3*2-1-3/h5-9,11-12,17-18,20,26H,10,13-15H2,1-4H3;5-9,12-13,17,19,26H,10-11,14-15H2,1-4H3;5-11,15-16,19,25H,12-14H2,1-4H3;;;. The zero-order chi connectivity index (χ0) is 69.6. The molecule has 0 spiro atoms. The van der Waals surface area contributed by atoms with E-state index in [2.05, 4.69) is 32.7 Å². The number of piperazine rings is 1. The quantitative estimate of drug-likeness (QED) is 0.0813. The monoisotopic (exact) mass is 1290 g/mol. The van der Waals surface area contributed by atoms with E-state index in [9.17, 15) is 29.7 Å². The molecule has 94 heavy (non-hydrogen) atoms. The third-order valence-corrected chi connectivity index (χ3v) is 16.6. The van der Waals surface area contributed by atoms with Gasteiger partial charge < -0.3 is 58.6 Å². The van der Waals surface area contributed by atoms with Crippen molar-refractivity contribution in [3.63, 3.8) is 0 Å². The van der Waals surface area contributed by atoms with Gasteiger partial charge in [0.05, 0.1) is 40.6 Å². The van der Waals surface area contributed by atoms with Crippen LogP contribution >= 0.6 is 0 Å². The number of hydrogen-bond donors (Lipinski definition) is 3. The summed E-state index contributed by atoms with van der Waals surface area (Å²) in [5.74, 6) is 3.07. The summed E-state index contributed by atoms with van der Waals surface area (Å²) in [6, 6.07) is 40.4. The van der Waals surface area contributed by atoms with E-state index in [0.29, 0.717) is 83.5 Å². The smallest absolute Gasteiger partial charge is 0.373 e. The molecule has 8 unspecified atom stereocenters. The molecule has 3 aliphatic heterocycles. The number of aryl methyl sites for hydroxylation is 2. The van der Waals surface area contributed by atoms with Crippen molar-refractivity contribution in [1.29, 1.82) is 0 Å². The number of likely N-dealkylation sites (N-methyl/N-ethyl adjacent to an activating group) is 1. The van der Waals surface area contributed by atoms with E-state index in [0.717, 1.165) is 60.5 Å². The van der Waals surface area contributed by atoms with E-state index < -0.39 is 0 Å². The third kappa shape index (κ3) is 22.6. The SMILES string of the molecule is COc1cc(C)cc(O)c1C(CC(=O)N1CC(C)CC(C)C1)c1ccccc1.COc1cc(C)cc(O)c1C(CC(=O)N1CCN(C)C(C)C1)c1ccccc1.COc1cc(O)c(C(CC(=O)N2CC(C)OC(C)C2)c2ccccc2)c(OC)c1.O=C=O.O=C=O.O=C=O. The zero-order valence-corrected chi connectivity index (χ0v) is 55.9. The minimum absolute atomic E-state index is 0.00167. The normalized spacial score (nSPS) is 18.2. The predicted octanol–water partition coefficient (Wildman–Crippen LogP) is 9.95. The summed E-state index contributed by atoms with van der Waals surface area (Å²) in [6.45, 7) is 19.4. The summed E-state index contributed by atoms with van der Waals surface area (Å²) >= 11 is 0. The number of hydrogen-bond acceptors (Lipinski definition) is 18. The summed E-state index contributed by atoms with van der Waals surface area (Å²) in [5, 5.41) is 32.2. The van der Waals surface area contributed by atoms with Gasteiger partial charge in [-0.15, -0.1) is 0 Å². The van der Waals surface area contributed by atoms with Crippen LogP contribution in [0.1, 0.15) is 123 Å². The van der Waals surface area contributed by atoms with Crippen LogP contribution in [-0.2, 0) is 47.9 Å². The van der Waals surface area contributed by atoms with Gasteiger partial charge in [0.15, 0.2) is 0 Å². The summed E-state index contributed by atoms with van der Waals surface area (Å²) < 4.78 is 27.7. The Kier molecular flexibility index (Phi) is 31.9. The Bertz CT molecular complexity index is 3410. The second kappa shape index (κ2) is 39.1. The molecule has 3 heterocycles. The molecule has 6 aromatic rings. The van der Waals surface area contributed by atoms with Crippen LogP contribution in [-0.4, -0.2) is 171 Å². The number of likely N-dealkylation sites (tertiary alicyclic amines) is 1. The summed E-state index contributed by atoms with van der Waals surface area (Å²) in [4.78, 5) is 96.4. The number of aromatic hydroxyl groups is 3. The number of phenols is 3. The average Bonchev–Trinajstić information content (AvgIpc) is 0.815. The molecule has 3 saturated heterocycles. The van der Waals surface area contributed by atoms with Crippen LogP contribution in [0.15, 0.2) is 127 Å². The van der Waals surface area contributed by atoms with E-state index in [1.54, 1.807) is 45.6 Å². The molecular formula is C73H90N4O17. The number of nitrogens with zero attached hydrogens (tertiary/aromatic N) is 4. The number of benzene rings is 6. The number of rotatable bonds is 16. The molecule has 3 fully saturated rings. The van der Waals surface area contributed by atoms with Gasteiger partial charge in [-0.3, -0.25) is 14.4 Å². The van der Waals surface area contributed by atoms with E-state index >= 15 is 0 Å². The first-order valence-corrected chi connectivity index (χ1v) is 31.0. The lowest BCUT2D eigenvalue weighted by molar-refractivity contribution is -0.193. The fourth-order valence-corrected chi connectivity index (χ4v) is 12.4. The van der Waals surface area contributed by atoms with E-state index in [1.807, 2.05) is 146 Å². The molecule has 0 bridgehead atoms. The number of morpholine rings is 1. The molecule has 3 amide bonds. The second-order valence-corrected chi connectivity index (χ2v) is 23.8. The van der Waals surface area contributed by atoms with Gasteiger partial charge in [0.2, 0.25) is 17.7 Å². The highest BCUT2D eigenvalue weighted by atomic mass is 16.5. The lowest BCUT2D eigenvalue weighted by Crippen LogP contribution is -2.52. The maximum atomic E-state index is 13.2. The number of piperidine rings is 1. The first-order valence-electron chi connectivity index (χ1n) is 31.0. The molecule has 3 aliphatic rings. The molecule has 9 rings (SSSR count). The van der Waals surface area contributed by atoms with Crippen LogP contribution in [0.25, 0.3) is 0 Å². The summed E-state index contributed by atoms with van der Waals surface area (Å²) in [5.41, 5.74) is 6.73. The Morgan fingerprint density at radius 2 is 0.798 bits per heavy atom. The number of amides is 3.